The molecule has 3 heterocycles. The second kappa shape index (κ2) is 5.60. The van der Waals surface area contributed by atoms with Crippen molar-refractivity contribution in [3.05, 3.63) is 24.4 Å². The maximum atomic E-state index is 12.3. The molecule has 0 aromatic carbocycles. The van der Waals surface area contributed by atoms with E-state index in [0.29, 0.717) is 18.1 Å². The van der Waals surface area contributed by atoms with Gasteiger partial charge in [-0.2, -0.15) is 5.10 Å². The predicted octanol–water partition coefficient (Wildman–Crippen LogP) is 0.362. The van der Waals surface area contributed by atoms with E-state index in [1.807, 2.05) is 0 Å². The van der Waals surface area contributed by atoms with Gasteiger partial charge in [-0.05, 0) is 18.2 Å². The summed E-state index contributed by atoms with van der Waals surface area (Å²) in [6.07, 6.45) is 1.25. The third-order valence-corrected chi connectivity index (χ3v) is 4.61. The van der Waals surface area contributed by atoms with E-state index in [9.17, 15) is 8.42 Å². The predicted molar refractivity (Wildman–Crippen MR) is 72.0 cm³/mol. The molecule has 0 unspecified atom stereocenters. The number of furan rings is 1. The smallest absolute Gasteiger partial charge is 0.274 e. The molecule has 2 atom stereocenters. The molecule has 2 aromatic rings. The maximum Gasteiger partial charge on any atom is 0.274 e. The minimum atomic E-state index is -3.77. The molecular weight excluding hydrogens is 298 g/mol. The molecule has 21 heavy (non-hydrogen) atoms. The number of ether oxygens (including phenoxy) is 2. The molecule has 0 spiro atoms. The van der Waals surface area contributed by atoms with E-state index in [2.05, 4.69) is 14.9 Å². The number of methoxy groups -OCH3 is 1. The molecule has 0 amide bonds. The Bertz CT molecular complexity index is 694. The normalized spacial score (nSPS) is 22.7. The highest BCUT2D eigenvalue weighted by molar-refractivity contribution is 7.89. The van der Waals surface area contributed by atoms with E-state index in [4.69, 9.17) is 13.9 Å². The van der Waals surface area contributed by atoms with Crippen LogP contribution in [0.25, 0.3) is 11.5 Å². The molecule has 2 aromatic heterocycles. The number of nitrogens with zero attached hydrogens (tertiary/aromatic N) is 1. The summed E-state index contributed by atoms with van der Waals surface area (Å²) in [7, 11) is -2.25. The van der Waals surface area contributed by atoms with Crippen LogP contribution < -0.4 is 4.72 Å². The van der Waals surface area contributed by atoms with Crippen molar-refractivity contribution < 1.29 is 22.3 Å². The summed E-state index contributed by atoms with van der Waals surface area (Å²) in [6.45, 7) is 0.632. The lowest BCUT2D eigenvalue weighted by Crippen LogP contribution is -2.43. The van der Waals surface area contributed by atoms with Crippen LogP contribution in [0.1, 0.15) is 0 Å². The van der Waals surface area contributed by atoms with Gasteiger partial charge in [0, 0.05) is 13.3 Å². The summed E-state index contributed by atoms with van der Waals surface area (Å²) in [5, 5.41) is 6.34. The number of aromatic nitrogens is 2. The van der Waals surface area contributed by atoms with E-state index in [-0.39, 0.29) is 17.8 Å². The highest BCUT2D eigenvalue weighted by atomic mass is 32.2. The Balaban J connectivity index is 1.79. The van der Waals surface area contributed by atoms with Crippen molar-refractivity contribution in [3.63, 3.8) is 0 Å². The fourth-order valence-electron chi connectivity index (χ4n) is 2.14. The first-order valence-electron chi connectivity index (χ1n) is 6.32. The zero-order valence-electron chi connectivity index (χ0n) is 11.3. The first-order valence-corrected chi connectivity index (χ1v) is 7.81. The minimum absolute atomic E-state index is 0.158. The molecule has 3 rings (SSSR count). The van der Waals surface area contributed by atoms with Crippen molar-refractivity contribution in [2.45, 2.75) is 17.2 Å². The van der Waals surface area contributed by atoms with Crippen LogP contribution in [0.4, 0.5) is 0 Å². The lowest BCUT2D eigenvalue weighted by molar-refractivity contribution is 0.0760. The molecule has 0 radical (unpaired) electrons. The molecule has 0 aliphatic carbocycles. The first kappa shape index (κ1) is 14.3. The van der Waals surface area contributed by atoms with Gasteiger partial charge in [-0.3, -0.25) is 5.10 Å². The average Bonchev–Trinajstić information content (AvgIpc) is 3.19. The third-order valence-electron chi connectivity index (χ3n) is 3.25. The average molecular weight is 313 g/mol. The first-order chi connectivity index (χ1) is 10.1. The Morgan fingerprint density at radius 1 is 1.38 bits per heavy atom. The Hall–Kier alpha value is -1.68. The zero-order valence-corrected chi connectivity index (χ0v) is 12.1. The van der Waals surface area contributed by atoms with Gasteiger partial charge >= 0.3 is 0 Å². The maximum absolute atomic E-state index is 12.3. The van der Waals surface area contributed by atoms with Crippen molar-refractivity contribution >= 4 is 10.0 Å². The zero-order chi connectivity index (χ0) is 14.9. The summed E-state index contributed by atoms with van der Waals surface area (Å²) >= 11 is 0. The summed E-state index contributed by atoms with van der Waals surface area (Å²) in [5.74, 6) is 0.402. The molecule has 114 valence electrons. The number of aromatic amines is 1. The molecule has 0 bridgehead atoms. The van der Waals surface area contributed by atoms with Crippen molar-refractivity contribution in [2.75, 3.05) is 20.3 Å². The number of sulfonamides is 1. The van der Waals surface area contributed by atoms with Crippen LogP contribution in [0.5, 0.6) is 0 Å². The van der Waals surface area contributed by atoms with Gasteiger partial charge in [0.15, 0.2) is 5.76 Å². The summed E-state index contributed by atoms with van der Waals surface area (Å²) < 4.78 is 42.9. The molecule has 1 aliphatic heterocycles. The van der Waals surface area contributed by atoms with Gasteiger partial charge in [0.05, 0.1) is 25.4 Å². The topological polar surface area (TPSA) is 106 Å². The lowest BCUT2D eigenvalue weighted by atomic mass is 10.2. The highest BCUT2D eigenvalue weighted by Gasteiger charge is 2.33. The molecule has 8 nitrogen and oxygen atoms in total. The summed E-state index contributed by atoms with van der Waals surface area (Å²) in [4.78, 5) is 0. The molecule has 9 heteroatoms. The molecular formula is C12H15N3O5S. The van der Waals surface area contributed by atoms with Crippen LogP contribution in [-0.2, 0) is 19.5 Å². The second-order valence-electron chi connectivity index (χ2n) is 4.63. The van der Waals surface area contributed by atoms with Crippen LogP contribution in [0.15, 0.2) is 33.9 Å². The van der Waals surface area contributed by atoms with Crippen molar-refractivity contribution in [1.29, 1.82) is 0 Å². The standard InChI is InChI=1S/C12H15N3O5S/c1-18-11-7-19-6-9(11)15-21(16,17)12-3-2-10(20-12)8-4-5-13-14-8/h2-5,9,11,15H,6-7H2,1H3,(H,13,14)/t9-,11-/m0/s1. The number of rotatable bonds is 5. The van der Waals surface area contributed by atoms with Crippen molar-refractivity contribution in [1.82, 2.24) is 14.9 Å². The Morgan fingerprint density at radius 2 is 2.24 bits per heavy atom. The molecule has 0 saturated carbocycles. The fraction of sp³-hybridized carbons (Fsp3) is 0.417. The van der Waals surface area contributed by atoms with Crippen LogP contribution in [0.3, 0.4) is 0 Å². The van der Waals surface area contributed by atoms with Crippen LogP contribution in [0.2, 0.25) is 0 Å². The number of hydrogen-bond acceptors (Lipinski definition) is 6. The largest absolute Gasteiger partial charge is 0.442 e. The fourth-order valence-corrected chi connectivity index (χ4v) is 3.32. The Labute approximate surface area is 121 Å². The van der Waals surface area contributed by atoms with E-state index in [0.717, 1.165) is 0 Å². The Kier molecular flexibility index (Phi) is 3.81. The third kappa shape index (κ3) is 2.86. The molecule has 1 fully saturated rings. The van der Waals surface area contributed by atoms with E-state index in [1.165, 1.54) is 13.2 Å². The number of H-pyrrole nitrogens is 1. The molecule has 2 N–H and O–H groups in total. The number of nitrogens with one attached hydrogen (secondary N) is 2. The minimum Gasteiger partial charge on any atom is -0.442 e. The van der Waals surface area contributed by atoms with Gasteiger partial charge in [0.25, 0.3) is 10.0 Å². The van der Waals surface area contributed by atoms with Crippen LogP contribution in [-0.4, -0.2) is 51.1 Å². The van der Waals surface area contributed by atoms with Gasteiger partial charge in [-0.15, -0.1) is 0 Å². The summed E-state index contributed by atoms with van der Waals surface area (Å²) in [6, 6.07) is 4.23. The molecule has 1 aliphatic rings. The van der Waals surface area contributed by atoms with E-state index >= 15 is 0 Å². The van der Waals surface area contributed by atoms with E-state index in [1.54, 1.807) is 18.3 Å². The van der Waals surface area contributed by atoms with Gasteiger partial charge in [-0.1, -0.05) is 0 Å². The highest BCUT2D eigenvalue weighted by Crippen LogP contribution is 2.23. The SMILES string of the molecule is CO[C@H]1COC[C@@H]1NS(=O)(=O)c1ccc(-c2ccn[nH]2)o1. The van der Waals surface area contributed by atoms with Gasteiger partial charge in [0.2, 0.25) is 5.09 Å². The van der Waals surface area contributed by atoms with Gasteiger partial charge in [0.1, 0.15) is 5.69 Å². The Morgan fingerprint density at radius 3 is 2.95 bits per heavy atom. The number of hydrogen-bond donors (Lipinski definition) is 2. The van der Waals surface area contributed by atoms with E-state index < -0.39 is 16.1 Å². The summed E-state index contributed by atoms with van der Waals surface area (Å²) in [5.41, 5.74) is 0.607. The van der Waals surface area contributed by atoms with Crippen molar-refractivity contribution in [2.24, 2.45) is 0 Å². The van der Waals surface area contributed by atoms with Gasteiger partial charge in [-0.25, -0.2) is 13.1 Å². The monoisotopic (exact) mass is 313 g/mol. The quantitative estimate of drug-likeness (QED) is 0.825. The van der Waals surface area contributed by atoms with Crippen molar-refractivity contribution in [3.8, 4) is 11.5 Å². The molecule has 1 saturated heterocycles. The lowest BCUT2D eigenvalue weighted by Gasteiger charge is -2.16. The van der Waals surface area contributed by atoms with Crippen LogP contribution >= 0.6 is 0 Å². The van der Waals surface area contributed by atoms with Gasteiger partial charge < -0.3 is 13.9 Å². The van der Waals surface area contributed by atoms with Crippen LogP contribution in [0, 0.1) is 0 Å². The second-order valence-corrected chi connectivity index (χ2v) is 6.27.